The van der Waals surface area contributed by atoms with Crippen molar-refractivity contribution in [3.05, 3.63) is 59.7 Å². The Morgan fingerprint density at radius 2 is 1.83 bits per heavy atom. The van der Waals surface area contributed by atoms with Crippen LogP contribution in [0.1, 0.15) is 22.8 Å². The predicted octanol–water partition coefficient (Wildman–Crippen LogP) is 2.43. The molecule has 162 valence electrons. The fraction of sp³-hybridized carbons (Fsp3) is 0.409. The van der Waals surface area contributed by atoms with E-state index in [-0.39, 0.29) is 5.97 Å². The minimum Gasteiger partial charge on any atom is -0.465 e. The Bertz CT molecular complexity index is 990. The Hall–Kier alpha value is -2.42. The molecule has 0 saturated carbocycles. The molecule has 1 aliphatic rings. The van der Waals surface area contributed by atoms with Crippen molar-refractivity contribution in [3.8, 4) is 0 Å². The van der Waals surface area contributed by atoms with Gasteiger partial charge in [-0.25, -0.2) is 17.5 Å². The van der Waals surface area contributed by atoms with Gasteiger partial charge in [0.2, 0.25) is 10.0 Å². The quantitative estimate of drug-likeness (QED) is 0.655. The Balaban J connectivity index is 1.66. The van der Waals surface area contributed by atoms with E-state index in [1.807, 2.05) is 18.2 Å². The van der Waals surface area contributed by atoms with Crippen LogP contribution in [-0.2, 0) is 21.3 Å². The molecule has 0 aliphatic carbocycles. The maximum absolute atomic E-state index is 12.4. The molecule has 1 saturated heterocycles. The third-order valence-corrected chi connectivity index (χ3v) is 7.29. The number of carbonyl (C=O) groups excluding carboxylic acids is 1. The van der Waals surface area contributed by atoms with Crippen LogP contribution in [0.25, 0.3) is 0 Å². The predicted molar refractivity (Wildman–Crippen MR) is 117 cm³/mol. The SMILES string of the molecule is COC(=O)c1ccc(N2CCN(Cc3cccc(S(=O)(=O)N(C)C)c3)C(C)C2)cc1. The largest absolute Gasteiger partial charge is 0.465 e. The van der Waals surface area contributed by atoms with Crippen molar-refractivity contribution >= 4 is 21.7 Å². The van der Waals surface area contributed by atoms with Crippen molar-refractivity contribution in [1.82, 2.24) is 9.21 Å². The summed E-state index contributed by atoms with van der Waals surface area (Å²) in [6.45, 7) is 5.46. The third-order valence-electron chi connectivity index (χ3n) is 5.48. The Morgan fingerprint density at radius 1 is 1.13 bits per heavy atom. The van der Waals surface area contributed by atoms with Crippen LogP contribution in [0.5, 0.6) is 0 Å². The molecule has 0 N–H and O–H groups in total. The van der Waals surface area contributed by atoms with Gasteiger partial charge in [-0.05, 0) is 48.9 Å². The number of rotatable bonds is 6. The lowest BCUT2D eigenvalue weighted by atomic mass is 10.1. The number of ether oxygens (including phenoxy) is 1. The molecule has 1 fully saturated rings. The second kappa shape index (κ2) is 9.16. The molecule has 1 aliphatic heterocycles. The topological polar surface area (TPSA) is 70.2 Å². The standard InChI is InChI=1S/C22H29N3O4S/c1-17-15-25(20-10-8-19(9-11-20)22(26)29-4)13-12-24(17)16-18-6-5-7-21(14-18)30(27,28)23(2)3/h5-11,14,17H,12-13,15-16H2,1-4H3. The van der Waals surface area contributed by atoms with Crippen molar-refractivity contribution < 1.29 is 17.9 Å². The Labute approximate surface area is 178 Å². The number of hydrogen-bond acceptors (Lipinski definition) is 6. The molecule has 0 radical (unpaired) electrons. The molecule has 2 aromatic carbocycles. The molecular formula is C22H29N3O4S. The summed E-state index contributed by atoms with van der Waals surface area (Å²) in [4.78, 5) is 16.6. The van der Waals surface area contributed by atoms with Crippen LogP contribution in [0.3, 0.4) is 0 Å². The fourth-order valence-corrected chi connectivity index (χ4v) is 4.61. The van der Waals surface area contributed by atoms with Gasteiger partial charge in [-0.1, -0.05) is 12.1 Å². The zero-order valence-electron chi connectivity index (χ0n) is 17.9. The van der Waals surface area contributed by atoms with Gasteiger partial charge in [0.05, 0.1) is 17.6 Å². The van der Waals surface area contributed by atoms with E-state index in [4.69, 9.17) is 4.74 Å². The molecule has 1 heterocycles. The lowest BCUT2D eigenvalue weighted by Crippen LogP contribution is -2.51. The van der Waals surface area contributed by atoms with Gasteiger partial charge < -0.3 is 9.64 Å². The first kappa shape index (κ1) is 22.3. The number of piperazine rings is 1. The molecule has 1 unspecified atom stereocenters. The molecule has 0 amide bonds. The van der Waals surface area contributed by atoms with Crippen LogP contribution in [0.15, 0.2) is 53.4 Å². The van der Waals surface area contributed by atoms with Crippen LogP contribution >= 0.6 is 0 Å². The van der Waals surface area contributed by atoms with E-state index < -0.39 is 10.0 Å². The van der Waals surface area contributed by atoms with E-state index in [2.05, 4.69) is 16.7 Å². The average molecular weight is 432 g/mol. The second-order valence-corrected chi connectivity index (χ2v) is 9.89. The van der Waals surface area contributed by atoms with Crippen LogP contribution in [0.4, 0.5) is 5.69 Å². The third kappa shape index (κ3) is 4.83. The summed E-state index contributed by atoms with van der Waals surface area (Å²) in [6.07, 6.45) is 0. The Kier molecular flexibility index (Phi) is 6.80. The molecule has 3 rings (SSSR count). The van der Waals surface area contributed by atoms with Crippen molar-refractivity contribution in [2.75, 3.05) is 45.7 Å². The van der Waals surface area contributed by atoms with Crippen LogP contribution in [0, 0.1) is 0 Å². The van der Waals surface area contributed by atoms with E-state index in [1.165, 1.54) is 11.4 Å². The first-order chi connectivity index (χ1) is 14.2. The van der Waals surface area contributed by atoms with Crippen molar-refractivity contribution in [2.24, 2.45) is 0 Å². The molecule has 2 aromatic rings. The number of benzene rings is 2. The second-order valence-electron chi connectivity index (χ2n) is 7.74. The molecule has 0 bridgehead atoms. The summed E-state index contributed by atoms with van der Waals surface area (Å²) >= 11 is 0. The number of carbonyl (C=O) groups is 1. The molecule has 0 aromatic heterocycles. The van der Waals surface area contributed by atoms with Crippen molar-refractivity contribution in [3.63, 3.8) is 0 Å². The summed E-state index contributed by atoms with van der Waals surface area (Å²) in [5, 5.41) is 0. The summed E-state index contributed by atoms with van der Waals surface area (Å²) in [5.41, 5.74) is 2.61. The molecule has 0 spiro atoms. The highest BCUT2D eigenvalue weighted by atomic mass is 32.2. The monoisotopic (exact) mass is 431 g/mol. The number of hydrogen-bond donors (Lipinski definition) is 0. The zero-order chi connectivity index (χ0) is 21.9. The smallest absolute Gasteiger partial charge is 0.337 e. The number of anilines is 1. The lowest BCUT2D eigenvalue weighted by molar-refractivity contribution is 0.0600. The van der Waals surface area contributed by atoms with Gasteiger partial charge in [0.1, 0.15) is 0 Å². The van der Waals surface area contributed by atoms with Gasteiger partial charge >= 0.3 is 5.97 Å². The average Bonchev–Trinajstić information content (AvgIpc) is 2.75. The summed E-state index contributed by atoms with van der Waals surface area (Å²) < 4.78 is 30.8. The van der Waals surface area contributed by atoms with Gasteiger partial charge in [-0.2, -0.15) is 0 Å². The Morgan fingerprint density at radius 3 is 2.43 bits per heavy atom. The van der Waals surface area contributed by atoms with E-state index in [0.717, 1.165) is 30.9 Å². The first-order valence-electron chi connectivity index (χ1n) is 9.91. The highest BCUT2D eigenvalue weighted by Gasteiger charge is 2.25. The van der Waals surface area contributed by atoms with Gasteiger partial charge in [0.25, 0.3) is 0 Å². The van der Waals surface area contributed by atoms with Crippen molar-refractivity contribution in [2.45, 2.75) is 24.4 Å². The van der Waals surface area contributed by atoms with Gasteiger partial charge in [0, 0.05) is 52.0 Å². The van der Waals surface area contributed by atoms with Crippen molar-refractivity contribution in [1.29, 1.82) is 0 Å². The van der Waals surface area contributed by atoms with Gasteiger partial charge in [-0.15, -0.1) is 0 Å². The van der Waals surface area contributed by atoms with Crippen LogP contribution < -0.4 is 4.90 Å². The summed E-state index contributed by atoms with van der Waals surface area (Å²) in [6, 6.07) is 14.9. The summed E-state index contributed by atoms with van der Waals surface area (Å²) in [7, 11) is 1.03. The lowest BCUT2D eigenvalue weighted by Gasteiger charge is -2.41. The molecule has 7 nitrogen and oxygen atoms in total. The minimum absolute atomic E-state index is 0.299. The van der Waals surface area contributed by atoms with E-state index >= 15 is 0 Å². The summed E-state index contributed by atoms with van der Waals surface area (Å²) in [5.74, 6) is -0.335. The number of sulfonamides is 1. The van der Waals surface area contributed by atoms with Crippen LogP contribution in [-0.4, -0.2) is 70.5 Å². The van der Waals surface area contributed by atoms with Gasteiger partial charge in [0.15, 0.2) is 0 Å². The fourth-order valence-electron chi connectivity index (χ4n) is 3.64. The van der Waals surface area contributed by atoms with E-state index in [0.29, 0.717) is 23.0 Å². The highest BCUT2D eigenvalue weighted by Crippen LogP contribution is 2.22. The zero-order valence-corrected chi connectivity index (χ0v) is 18.7. The maximum Gasteiger partial charge on any atom is 0.337 e. The highest BCUT2D eigenvalue weighted by molar-refractivity contribution is 7.89. The van der Waals surface area contributed by atoms with E-state index in [1.54, 1.807) is 44.4 Å². The van der Waals surface area contributed by atoms with Gasteiger partial charge in [-0.3, -0.25) is 4.90 Å². The van der Waals surface area contributed by atoms with Crippen LogP contribution in [0.2, 0.25) is 0 Å². The molecule has 1 atom stereocenters. The minimum atomic E-state index is -3.44. The number of nitrogens with zero attached hydrogens (tertiary/aromatic N) is 3. The molecule has 30 heavy (non-hydrogen) atoms. The maximum atomic E-state index is 12.4. The number of methoxy groups -OCH3 is 1. The first-order valence-corrected chi connectivity index (χ1v) is 11.3. The number of esters is 1. The normalized spacial score (nSPS) is 17.9. The molecule has 8 heteroatoms. The van der Waals surface area contributed by atoms with E-state index in [9.17, 15) is 13.2 Å². The molecular weight excluding hydrogens is 402 g/mol.